The molecule has 4 saturated carbocycles. The van der Waals surface area contributed by atoms with Gasteiger partial charge in [-0.2, -0.15) is 0 Å². The number of ether oxygens (including phenoxy) is 4. The van der Waals surface area contributed by atoms with Crippen molar-refractivity contribution in [1.29, 1.82) is 0 Å². The fourth-order valence-corrected chi connectivity index (χ4v) is 10.0. The first kappa shape index (κ1) is 31.8. The molecule has 6 aliphatic rings. The van der Waals surface area contributed by atoms with Crippen molar-refractivity contribution in [3.8, 4) is 0 Å². The van der Waals surface area contributed by atoms with E-state index in [9.17, 15) is 40.5 Å². The van der Waals surface area contributed by atoms with Crippen LogP contribution in [0.1, 0.15) is 65.2 Å². The largest absolute Gasteiger partial charge is 0.432 e. The zero-order valence-corrected chi connectivity index (χ0v) is 25.0. The van der Waals surface area contributed by atoms with Crippen LogP contribution in [0.15, 0.2) is 12.2 Å². The minimum Gasteiger partial charge on any atom is -0.432 e. The average Bonchev–Trinajstić information content (AvgIpc) is 3.40. The summed E-state index contributed by atoms with van der Waals surface area (Å²) in [6, 6.07) is 0. The zero-order chi connectivity index (χ0) is 31.1. The molecular formula is C31H48O12. The van der Waals surface area contributed by atoms with Gasteiger partial charge in [-0.05, 0) is 86.9 Å². The summed E-state index contributed by atoms with van der Waals surface area (Å²) in [6.07, 6.45) is -4.72. The van der Waals surface area contributed by atoms with E-state index in [1.54, 1.807) is 6.92 Å². The van der Waals surface area contributed by atoms with Crippen molar-refractivity contribution in [1.82, 2.24) is 0 Å². The number of aliphatic hydroxyl groups excluding tert-OH is 6. The molecule has 0 amide bonds. The van der Waals surface area contributed by atoms with Gasteiger partial charge in [0.2, 0.25) is 6.29 Å². The monoisotopic (exact) mass is 612 g/mol. The van der Waals surface area contributed by atoms with Gasteiger partial charge in [0.1, 0.15) is 36.1 Å². The van der Waals surface area contributed by atoms with Crippen molar-refractivity contribution in [3.63, 3.8) is 0 Å². The van der Waals surface area contributed by atoms with Crippen LogP contribution in [0, 0.1) is 34.0 Å². The number of esters is 1. The van der Waals surface area contributed by atoms with Gasteiger partial charge in [0.05, 0.1) is 31.3 Å². The molecule has 6 rings (SSSR count). The third-order valence-corrected chi connectivity index (χ3v) is 12.6. The molecule has 1 spiro atoms. The van der Waals surface area contributed by atoms with Gasteiger partial charge in [-0.3, -0.25) is 4.79 Å². The molecular weight excluding hydrogens is 564 g/mol. The quantitative estimate of drug-likeness (QED) is 0.154. The van der Waals surface area contributed by atoms with Gasteiger partial charge in [-0.25, -0.2) is 0 Å². The van der Waals surface area contributed by atoms with Crippen molar-refractivity contribution in [2.24, 2.45) is 34.0 Å². The van der Waals surface area contributed by atoms with E-state index in [1.807, 2.05) is 0 Å². The van der Waals surface area contributed by atoms with E-state index in [0.29, 0.717) is 18.3 Å². The standard InChI is InChI=1S/C31H48O12/c1-15-10-30-9-6-18-28(2,19(30)5-4-16(15)11-30)8-7-20(33)29(18,3)27(38)43-25-23(36)22(35)21(34)17(42-25)12-40-26-24(37)31(39,13-32)14-41-26/h16-26,32-37,39H,1,4-14H2,2-3H3. The molecule has 2 bridgehead atoms. The molecule has 15 unspecified atom stereocenters. The minimum atomic E-state index is -1.92. The molecule has 43 heavy (non-hydrogen) atoms. The number of hydrogen-bond donors (Lipinski definition) is 7. The Morgan fingerprint density at radius 3 is 2.42 bits per heavy atom. The lowest BCUT2D eigenvalue weighted by Crippen LogP contribution is -2.64. The molecule has 6 fully saturated rings. The van der Waals surface area contributed by atoms with Crippen LogP contribution in [-0.2, 0) is 23.7 Å². The predicted octanol–water partition coefficient (Wildman–Crippen LogP) is -0.266. The Bertz CT molecular complexity index is 1100. The molecule has 12 nitrogen and oxygen atoms in total. The number of fused-ring (bicyclic) bond motifs is 3. The number of rotatable bonds is 6. The van der Waals surface area contributed by atoms with E-state index in [0.717, 1.165) is 44.9 Å². The van der Waals surface area contributed by atoms with Crippen LogP contribution < -0.4 is 0 Å². The Balaban J connectivity index is 1.17. The van der Waals surface area contributed by atoms with Gasteiger partial charge >= 0.3 is 5.97 Å². The predicted molar refractivity (Wildman–Crippen MR) is 148 cm³/mol. The summed E-state index contributed by atoms with van der Waals surface area (Å²) >= 11 is 0. The SMILES string of the molecule is C=C1CC23CCC4C(C)(CCC(O)C4(C)C(=O)OC4OC(COC5OCC(O)(CO)C5O)C(O)C(O)C4O)C2CCC1C3. The Morgan fingerprint density at radius 1 is 0.977 bits per heavy atom. The molecule has 4 aliphatic carbocycles. The highest BCUT2D eigenvalue weighted by molar-refractivity contribution is 5.78. The van der Waals surface area contributed by atoms with Gasteiger partial charge in [-0.15, -0.1) is 0 Å². The summed E-state index contributed by atoms with van der Waals surface area (Å²) in [5, 5.41) is 73.0. The smallest absolute Gasteiger partial charge is 0.317 e. The molecule has 12 heteroatoms. The highest BCUT2D eigenvalue weighted by Gasteiger charge is 2.67. The first-order valence-corrected chi connectivity index (χ1v) is 15.7. The first-order chi connectivity index (χ1) is 20.2. The molecule has 2 heterocycles. The molecule has 244 valence electrons. The second kappa shape index (κ2) is 11.0. The number of carbonyl (C=O) groups excluding carboxylic acids is 1. The Kier molecular flexibility index (Phi) is 8.10. The van der Waals surface area contributed by atoms with E-state index < -0.39 is 79.4 Å². The summed E-state index contributed by atoms with van der Waals surface area (Å²) in [6.45, 7) is 6.77. The maximum Gasteiger partial charge on any atom is 0.317 e. The fourth-order valence-electron chi connectivity index (χ4n) is 10.0. The minimum absolute atomic E-state index is 0.168. The van der Waals surface area contributed by atoms with E-state index in [4.69, 9.17) is 18.9 Å². The molecule has 15 atom stereocenters. The van der Waals surface area contributed by atoms with Crippen molar-refractivity contribution in [3.05, 3.63) is 12.2 Å². The van der Waals surface area contributed by atoms with E-state index in [2.05, 4.69) is 13.5 Å². The third kappa shape index (κ3) is 4.75. The van der Waals surface area contributed by atoms with Crippen LogP contribution in [0.3, 0.4) is 0 Å². The second-order valence-electron chi connectivity index (χ2n) is 14.8. The lowest BCUT2D eigenvalue weighted by atomic mass is 9.40. The third-order valence-electron chi connectivity index (χ3n) is 12.6. The molecule has 0 aromatic rings. The summed E-state index contributed by atoms with van der Waals surface area (Å²) in [5.41, 5.74) is -1.86. The number of allylic oxidation sites excluding steroid dienone is 1. The molecule has 0 radical (unpaired) electrons. The fraction of sp³-hybridized carbons (Fsp3) is 0.903. The van der Waals surface area contributed by atoms with Crippen LogP contribution >= 0.6 is 0 Å². The lowest BCUT2D eigenvalue weighted by molar-refractivity contribution is -0.308. The van der Waals surface area contributed by atoms with Crippen LogP contribution in [0.2, 0.25) is 0 Å². The van der Waals surface area contributed by atoms with Gasteiger partial charge in [0.15, 0.2) is 6.29 Å². The van der Waals surface area contributed by atoms with Crippen molar-refractivity contribution < 1.29 is 59.5 Å². The Morgan fingerprint density at radius 2 is 1.72 bits per heavy atom. The molecule has 7 N–H and O–H groups in total. The lowest BCUT2D eigenvalue weighted by Gasteiger charge is -2.64. The zero-order valence-electron chi connectivity index (χ0n) is 25.0. The van der Waals surface area contributed by atoms with Gasteiger partial charge < -0.3 is 54.7 Å². The number of aliphatic hydroxyl groups is 7. The second-order valence-corrected chi connectivity index (χ2v) is 14.8. The molecule has 2 saturated heterocycles. The summed E-state index contributed by atoms with van der Waals surface area (Å²) in [4.78, 5) is 14.1. The van der Waals surface area contributed by atoms with Crippen LogP contribution in [0.4, 0.5) is 0 Å². The Labute approximate surface area is 251 Å². The van der Waals surface area contributed by atoms with Crippen LogP contribution in [0.25, 0.3) is 0 Å². The number of hydrogen-bond acceptors (Lipinski definition) is 12. The normalized spacial score (nSPS) is 54.6. The maximum atomic E-state index is 14.1. The highest BCUT2D eigenvalue weighted by atomic mass is 16.7. The topological polar surface area (TPSA) is 196 Å². The Hall–Kier alpha value is -1.19. The number of carbonyl (C=O) groups is 1. The van der Waals surface area contributed by atoms with Gasteiger partial charge in [-0.1, -0.05) is 19.1 Å². The van der Waals surface area contributed by atoms with E-state index >= 15 is 0 Å². The van der Waals surface area contributed by atoms with Crippen molar-refractivity contribution in [2.75, 3.05) is 19.8 Å². The van der Waals surface area contributed by atoms with E-state index in [-0.39, 0.29) is 23.4 Å². The summed E-state index contributed by atoms with van der Waals surface area (Å²) in [7, 11) is 0. The van der Waals surface area contributed by atoms with Crippen molar-refractivity contribution in [2.45, 2.75) is 120 Å². The van der Waals surface area contributed by atoms with E-state index in [1.165, 1.54) is 5.57 Å². The van der Waals surface area contributed by atoms with Crippen molar-refractivity contribution >= 4 is 5.97 Å². The average molecular weight is 613 g/mol. The maximum absolute atomic E-state index is 14.1. The van der Waals surface area contributed by atoms with Crippen LogP contribution in [0.5, 0.6) is 0 Å². The summed E-state index contributed by atoms with van der Waals surface area (Å²) in [5.74, 6) is 0.0840. The first-order valence-electron chi connectivity index (χ1n) is 15.7. The van der Waals surface area contributed by atoms with Gasteiger partial charge in [0, 0.05) is 0 Å². The molecule has 0 aromatic carbocycles. The molecule has 2 aliphatic heterocycles. The van der Waals surface area contributed by atoms with Crippen LogP contribution in [-0.4, -0.2) is 116 Å². The highest BCUT2D eigenvalue weighted by Crippen LogP contribution is 2.72. The van der Waals surface area contributed by atoms with Gasteiger partial charge in [0.25, 0.3) is 0 Å². The summed E-state index contributed by atoms with van der Waals surface area (Å²) < 4.78 is 22.2. The molecule has 0 aromatic heterocycles.